The van der Waals surface area contributed by atoms with Crippen molar-refractivity contribution >= 4 is 23.6 Å². The standard InChI is InChI=1S/C17H23N3O3S/c1-18-7-9-19(10-8-18)15(21)11-20-16(22)12-24-17(20)13-5-3-4-6-14(13)23-2/h3-6,17H,7-12H2,1-2H3/p+1/t17-/m1/s1. The zero-order valence-electron chi connectivity index (χ0n) is 14.2. The van der Waals surface area contributed by atoms with Gasteiger partial charge in [0.25, 0.3) is 0 Å². The van der Waals surface area contributed by atoms with E-state index >= 15 is 0 Å². The summed E-state index contributed by atoms with van der Waals surface area (Å²) in [5.74, 6) is 1.22. The number of carbonyl (C=O) groups excluding carboxylic acids is 2. The Bertz CT molecular complexity index is 617. The number of hydrogen-bond acceptors (Lipinski definition) is 4. The predicted molar refractivity (Wildman–Crippen MR) is 93.1 cm³/mol. The molecule has 0 spiro atoms. The van der Waals surface area contributed by atoms with Crippen molar-refractivity contribution in [2.24, 2.45) is 0 Å². The second-order valence-electron chi connectivity index (χ2n) is 6.26. The Hall–Kier alpha value is -1.73. The van der Waals surface area contributed by atoms with E-state index in [0.29, 0.717) is 5.75 Å². The smallest absolute Gasteiger partial charge is 0.242 e. The molecule has 1 aromatic rings. The molecule has 130 valence electrons. The van der Waals surface area contributed by atoms with E-state index in [4.69, 9.17) is 4.74 Å². The molecule has 0 unspecified atom stereocenters. The molecule has 7 heteroatoms. The Kier molecular flexibility index (Phi) is 5.30. The largest absolute Gasteiger partial charge is 0.496 e. The summed E-state index contributed by atoms with van der Waals surface area (Å²) in [5.41, 5.74) is 0.950. The Labute approximate surface area is 146 Å². The molecule has 0 saturated carbocycles. The van der Waals surface area contributed by atoms with Gasteiger partial charge in [0.1, 0.15) is 17.7 Å². The minimum absolute atomic E-state index is 0.0176. The van der Waals surface area contributed by atoms with Crippen molar-refractivity contribution in [3.63, 3.8) is 0 Å². The van der Waals surface area contributed by atoms with Crippen molar-refractivity contribution in [1.82, 2.24) is 9.80 Å². The van der Waals surface area contributed by atoms with Crippen LogP contribution < -0.4 is 9.64 Å². The molecule has 1 N–H and O–H groups in total. The lowest BCUT2D eigenvalue weighted by Gasteiger charge is -2.32. The zero-order valence-corrected chi connectivity index (χ0v) is 15.0. The SMILES string of the molecule is COc1ccccc1[C@H]1SCC(=O)N1CC(=O)N1CC[NH+](C)CC1. The normalized spacial score (nSPS) is 22.1. The first-order chi connectivity index (χ1) is 11.6. The van der Waals surface area contributed by atoms with Gasteiger partial charge in [0, 0.05) is 5.56 Å². The van der Waals surface area contributed by atoms with E-state index in [1.807, 2.05) is 29.2 Å². The minimum atomic E-state index is -0.157. The van der Waals surface area contributed by atoms with Gasteiger partial charge in [0.05, 0.1) is 46.1 Å². The number of methoxy groups -OCH3 is 1. The zero-order chi connectivity index (χ0) is 17.1. The Balaban J connectivity index is 1.73. The van der Waals surface area contributed by atoms with Crippen LogP contribution in [0.5, 0.6) is 5.75 Å². The molecule has 2 saturated heterocycles. The Morgan fingerprint density at radius 1 is 1.33 bits per heavy atom. The maximum absolute atomic E-state index is 12.6. The fourth-order valence-electron chi connectivity index (χ4n) is 3.14. The van der Waals surface area contributed by atoms with Gasteiger partial charge in [-0.3, -0.25) is 9.59 Å². The molecule has 2 amide bonds. The van der Waals surface area contributed by atoms with E-state index in [9.17, 15) is 9.59 Å². The number of benzene rings is 1. The third-order valence-electron chi connectivity index (χ3n) is 4.65. The summed E-state index contributed by atoms with van der Waals surface area (Å²) in [4.78, 5) is 29.9. The van der Waals surface area contributed by atoms with Gasteiger partial charge in [0.2, 0.25) is 11.8 Å². The molecular formula is C17H24N3O3S+. The van der Waals surface area contributed by atoms with Crippen LogP contribution in [0.4, 0.5) is 0 Å². The van der Waals surface area contributed by atoms with Gasteiger partial charge in [-0.2, -0.15) is 0 Å². The van der Waals surface area contributed by atoms with Gasteiger partial charge < -0.3 is 19.4 Å². The molecule has 2 aliphatic rings. The molecule has 0 bridgehead atoms. The minimum Gasteiger partial charge on any atom is -0.496 e. The molecule has 2 aliphatic heterocycles. The van der Waals surface area contributed by atoms with Gasteiger partial charge in [-0.1, -0.05) is 18.2 Å². The van der Waals surface area contributed by atoms with Crippen LogP contribution in [0.3, 0.4) is 0 Å². The van der Waals surface area contributed by atoms with Crippen LogP contribution in [0, 0.1) is 0 Å². The summed E-state index contributed by atoms with van der Waals surface area (Å²) in [6, 6.07) is 7.70. The third-order valence-corrected chi connectivity index (χ3v) is 5.89. The summed E-state index contributed by atoms with van der Waals surface area (Å²) in [6.45, 7) is 3.60. The average Bonchev–Trinajstić information content (AvgIpc) is 2.96. The number of piperazine rings is 1. The molecule has 2 fully saturated rings. The lowest BCUT2D eigenvalue weighted by molar-refractivity contribution is -0.883. The van der Waals surface area contributed by atoms with Crippen molar-refractivity contribution < 1.29 is 19.2 Å². The summed E-state index contributed by atoms with van der Waals surface area (Å²) in [7, 11) is 3.77. The summed E-state index contributed by atoms with van der Waals surface area (Å²) >= 11 is 1.55. The van der Waals surface area contributed by atoms with Crippen LogP contribution in [-0.4, -0.2) is 74.2 Å². The highest BCUT2D eigenvalue weighted by atomic mass is 32.2. The number of ether oxygens (including phenoxy) is 1. The second-order valence-corrected chi connectivity index (χ2v) is 7.33. The molecule has 24 heavy (non-hydrogen) atoms. The Morgan fingerprint density at radius 2 is 2.04 bits per heavy atom. The van der Waals surface area contributed by atoms with E-state index in [2.05, 4.69) is 7.05 Å². The highest BCUT2D eigenvalue weighted by Gasteiger charge is 2.36. The van der Waals surface area contributed by atoms with Crippen LogP contribution >= 0.6 is 11.8 Å². The molecular weight excluding hydrogens is 326 g/mol. The average molecular weight is 350 g/mol. The van der Waals surface area contributed by atoms with Gasteiger partial charge in [-0.15, -0.1) is 11.8 Å². The van der Waals surface area contributed by atoms with Crippen molar-refractivity contribution in [1.29, 1.82) is 0 Å². The van der Waals surface area contributed by atoms with Gasteiger partial charge in [0.15, 0.2) is 0 Å². The summed E-state index contributed by atoms with van der Waals surface area (Å²) < 4.78 is 5.43. The lowest BCUT2D eigenvalue weighted by atomic mass is 10.1. The van der Waals surface area contributed by atoms with Crippen LogP contribution in [0.2, 0.25) is 0 Å². The number of nitrogens with one attached hydrogen (secondary N) is 1. The number of carbonyl (C=O) groups is 2. The summed E-state index contributed by atoms with van der Waals surface area (Å²) in [5, 5.41) is -0.157. The van der Waals surface area contributed by atoms with E-state index in [1.165, 1.54) is 4.90 Å². The Morgan fingerprint density at radius 3 is 2.75 bits per heavy atom. The number of thioether (sulfide) groups is 1. The van der Waals surface area contributed by atoms with Crippen LogP contribution in [0.1, 0.15) is 10.9 Å². The first-order valence-corrected chi connectivity index (χ1v) is 9.28. The first kappa shape index (κ1) is 17.1. The number of likely N-dealkylation sites (N-methyl/N-ethyl adjacent to an activating group) is 1. The molecule has 0 aromatic heterocycles. The summed E-state index contributed by atoms with van der Waals surface area (Å²) in [6.07, 6.45) is 0. The molecule has 1 aromatic carbocycles. The number of quaternary nitrogens is 1. The number of hydrogen-bond donors (Lipinski definition) is 1. The number of rotatable bonds is 4. The topological polar surface area (TPSA) is 54.3 Å². The number of amides is 2. The van der Waals surface area contributed by atoms with Crippen LogP contribution in [-0.2, 0) is 9.59 Å². The molecule has 0 aliphatic carbocycles. The van der Waals surface area contributed by atoms with E-state index in [0.717, 1.165) is 37.5 Å². The molecule has 3 rings (SSSR count). The maximum atomic E-state index is 12.6. The van der Waals surface area contributed by atoms with Crippen molar-refractivity contribution in [3.8, 4) is 5.75 Å². The number of para-hydroxylation sites is 1. The van der Waals surface area contributed by atoms with Crippen molar-refractivity contribution in [2.75, 3.05) is 52.6 Å². The van der Waals surface area contributed by atoms with Gasteiger partial charge in [-0.25, -0.2) is 0 Å². The molecule has 6 nitrogen and oxygen atoms in total. The van der Waals surface area contributed by atoms with Gasteiger partial charge >= 0.3 is 0 Å². The highest BCUT2D eigenvalue weighted by molar-refractivity contribution is 8.00. The number of nitrogens with zero attached hydrogens (tertiary/aromatic N) is 2. The van der Waals surface area contributed by atoms with Crippen LogP contribution in [0.15, 0.2) is 24.3 Å². The van der Waals surface area contributed by atoms with Crippen molar-refractivity contribution in [2.45, 2.75) is 5.37 Å². The highest BCUT2D eigenvalue weighted by Crippen LogP contribution is 2.42. The molecule has 2 heterocycles. The second kappa shape index (κ2) is 7.44. The van der Waals surface area contributed by atoms with Crippen LogP contribution in [0.25, 0.3) is 0 Å². The quantitative estimate of drug-likeness (QED) is 0.805. The van der Waals surface area contributed by atoms with Crippen molar-refractivity contribution in [3.05, 3.63) is 29.8 Å². The fourth-order valence-corrected chi connectivity index (χ4v) is 4.35. The van der Waals surface area contributed by atoms with Gasteiger partial charge in [-0.05, 0) is 6.07 Å². The molecule has 0 radical (unpaired) electrons. The lowest BCUT2D eigenvalue weighted by Crippen LogP contribution is -3.12. The van der Waals surface area contributed by atoms with E-state index in [-0.39, 0.29) is 23.7 Å². The van der Waals surface area contributed by atoms with E-state index < -0.39 is 0 Å². The fraction of sp³-hybridized carbons (Fsp3) is 0.529. The predicted octanol–water partition coefficient (Wildman–Crippen LogP) is -0.374. The molecule has 1 atom stereocenters. The van der Waals surface area contributed by atoms with E-state index in [1.54, 1.807) is 23.8 Å². The first-order valence-electron chi connectivity index (χ1n) is 8.23. The monoisotopic (exact) mass is 350 g/mol. The maximum Gasteiger partial charge on any atom is 0.242 e. The third kappa shape index (κ3) is 3.52.